The molecule has 2 atom stereocenters. The van der Waals surface area contributed by atoms with Crippen molar-refractivity contribution in [1.82, 2.24) is 4.98 Å². The lowest BCUT2D eigenvalue weighted by atomic mass is 9.82. The van der Waals surface area contributed by atoms with Gasteiger partial charge in [0.1, 0.15) is 0 Å². The minimum atomic E-state index is -1.22. The molecule has 26 heavy (non-hydrogen) atoms. The maximum Gasteiger partial charge on any atom is 0.257 e. The number of hydrogen-bond acceptors (Lipinski definition) is 6. The highest BCUT2D eigenvalue weighted by atomic mass is 32.1. The zero-order valence-electron chi connectivity index (χ0n) is 13.7. The first kappa shape index (κ1) is 17.8. The molecular weight excluding hydrogens is 354 g/mol. The van der Waals surface area contributed by atoms with Crippen molar-refractivity contribution in [2.45, 2.75) is 12.8 Å². The highest BCUT2D eigenvalue weighted by Gasteiger charge is 2.29. The van der Waals surface area contributed by atoms with Gasteiger partial charge in [0, 0.05) is 34.7 Å². The molecule has 2 amide bonds. The number of allylic oxidation sites excluding steroid dienone is 2. The first-order valence-corrected chi connectivity index (χ1v) is 8.90. The monoisotopic (exact) mass is 370 g/mol. The number of carbonyl (C=O) groups excluding carboxylic acids is 3. The molecule has 0 fully saturated rings. The van der Waals surface area contributed by atoms with Crippen LogP contribution in [-0.2, 0) is 9.59 Å². The van der Waals surface area contributed by atoms with Crippen LogP contribution >= 0.6 is 11.3 Å². The molecule has 1 aromatic carbocycles. The number of aliphatic carboxylic acids is 1. The standard InChI is InChI=1S/C18H17N3O4S/c22-15(21-18-19-9-10-26-18)11-5-7-12(8-6-11)20-16(23)13-3-1-2-4-14(13)17(24)25/h1-2,5-10,13-14H,3-4H2,(H,20,23)(H,24,25)(H,19,21,22)/p-1/t13-,14-/m0/s1. The lowest BCUT2D eigenvalue weighted by Crippen LogP contribution is -2.41. The third-order valence-electron chi connectivity index (χ3n) is 4.14. The molecule has 0 saturated carbocycles. The Hall–Kier alpha value is -3.00. The third kappa shape index (κ3) is 4.15. The summed E-state index contributed by atoms with van der Waals surface area (Å²) in [6.45, 7) is 0. The van der Waals surface area contributed by atoms with Gasteiger partial charge < -0.3 is 15.2 Å². The van der Waals surface area contributed by atoms with Crippen molar-refractivity contribution in [3.05, 3.63) is 53.6 Å². The van der Waals surface area contributed by atoms with Gasteiger partial charge in [-0.2, -0.15) is 0 Å². The second-order valence-corrected chi connectivity index (χ2v) is 6.73. The van der Waals surface area contributed by atoms with Crippen LogP contribution in [0.3, 0.4) is 0 Å². The summed E-state index contributed by atoms with van der Waals surface area (Å²) in [6, 6.07) is 6.35. The predicted octanol–water partition coefficient (Wildman–Crippen LogP) is 1.67. The van der Waals surface area contributed by atoms with Gasteiger partial charge in [0.05, 0.1) is 5.92 Å². The summed E-state index contributed by atoms with van der Waals surface area (Å²) in [5.41, 5.74) is 0.916. The van der Waals surface area contributed by atoms with Crippen LogP contribution in [0.15, 0.2) is 48.0 Å². The topological polar surface area (TPSA) is 111 Å². The Labute approximate surface area is 153 Å². The van der Waals surface area contributed by atoms with E-state index < -0.39 is 17.8 Å². The van der Waals surface area contributed by atoms with E-state index in [0.717, 1.165) is 0 Å². The summed E-state index contributed by atoms with van der Waals surface area (Å²) in [4.78, 5) is 39.7. The Morgan fingerprint density at radius 2 is 1.73 bits per heavy atom. The van der Waals surface area contributed by atoms with E-state index in [0.29, 0.717) is 22.8 Å². The molecule has 0 bridgehead atoms. The second-order valence-electron chi connectivity index (χ2n) is 5.83. The number of rotatable bonds is 5. The number of nitrogens with one attached hydrogen (secondary N) is 2. The number of carboxylic acids is 1. The van der Waals surface area contributed by atoms with Crippen LogP contribution in [0.5, 0.6) is 0 Å². The summed E-state index contributed by atoms with van der Waals surface area (Å²) < 4.78 is 0. The Bertz CT molecular complexity index is 831. The predicted molar refractivity (Wildman–Crippen MR) is 95.5 cm³/mol. The van der Waals surface area contributed by atoms with Gasteiger partial charge in [0.25, 0.3) is 5.91 Å². The van der Waals surface area contributed by atoms with E-state index in [-0.39, 0.29) is 18.2 Å². The van der Waals surface area contributed by atoms with Crippen LogP contribution in [0.25, 0.3) is 0 Å². The van der Waals surface area contributed by atoms with E-state index in [4.69, 9.17) is 0 Å². The normalized spacial score (nSPS) is 18.9. The molecule has 7 nitrogen and oxygen atoms in total. The van der Waals surface area contributed by atoms with E-state index in [1.807, 2.05) is 0 Å². The van der Waals surface area contributed by atoms with Crippen LogP contribution in [0.2, 0.25) is 0 Å². The number of nitrogens with zero attached hydrogens (tertiary/aromatic N) is 1. The van der Waals surface area contributed by atoms with E-state index in [1.54, 1.807) is 48.0 Å². The minimum Gasteiger partial charge on any atom is -0.550 e. The first-order valence-electron chi connectivity index (χ1n) is 8.02. The quantitative estimate of drug-likeness (QED) is 0.778. The molecule has 134 valence electrons. The van der Waals surface area contributed by atoms with E-state index in [2.05, 4.69) is 15.6 Å². The van der Waals surface area contributed by atoms with Gasteiger partial charge >= 0.3 is 0 Å². The van der Waals surface area contributed by atoms with Crippen LogP contribution in [0.1, 0.15) is 23.2 Å². The molecule has 2 N–H and O–H groups in total. The molecule has 0 radical (unpaired) electrons. The minimum absolute atomic E-state index is 0.288. The SMILES string of the molecule is O=C(Nc1nccs1)c1ccc(NC(=O)[C@H]2CC=CC[C@@H]2C(=O)[O-])cc1. The van der Waals surface area contributed by atoms with Crippen LogP contribution in [0, 0.1) is 11.8 Å². The average Bonchev–Trinajstić information content (AvgIpc) is 3.15. The third-order valence-corrected chi connectivity index (χ3v) is 4.83. The largest absolute Gasteiger partial charge is 0.550 e. The smallest absolute Gasteiger partial charge is 0.257 e. The lowest BCUT2D eigenvalue weighted by Gasteiger charge is -2.28. The van der Waals surface area contributed by atoms with Crippen molar-refractivity contribution in [1.29, 1.82) is 0 Å². The van der Waals surface area contributed by atoms with Gasteiger partial charge in [-0.1, -0.05) is 12.2 Å². The van der Waals surface area contributed by atoms with Crippen molar-refractivity contribution >= 4 is 39.9 Å². The fourth-order valence-electron chi connectivity index (χ4n) is 2.76. The van der Waals surface area contributed by atoms with Crippen molar-refractivity contribution < 1.29 is 19.5 Å². The molecule has 8 heteroatoms. The highest BCUT2D eigenvalue weighted by Crippen LogP contribution is 2.26. The Balaban J connectivity index is 1.63. The van der Waals surface area contributed by atoms with Crippen molar-refractivity contribution in [2.24, 2.45) is 11.8 Å². The second kappa shape index (κ2) is 7.92. The molecule has 2 aromatic rings. The summed E-state index contributed by atoms with van der Waals surface area (Å²) in [5.74, 6) is -3.39. The maximum absolute atomic E-state index is 12.4. The summed E-state index contributed by atoms with van der Waals surface area (Å²) in [5, 5.41) is 18.8. The number of carbonyl (C=O) groups is 3. The maximum atomic E-state index is 12.4. The van der Waals surface area contributed by atoms with E-state index in [1.165, 1.54) is 11.3 Å². The fourth-order valence-corrected chi connectivity index (χ4v) is 3.28. The molecule has 0 spiro atoms. The van der Waals surface area contributed by atoms with Gasteiger partial charge in [-0.15, -0.1) is 11.3 Å². The van der Waals surface area contributed by atoms with Crippen molar-refractivity contribution in [3.8, 4) is 0 Å². The van der Waals surface area contributed by atoms with E-state index >= 15 is 0 Å². The number of aromatic nitrogens is 1. The molecule has 1 aromatic heterocycles. The fraction of sp³-hybridized carbons (Fsp3) is 0.222. The molecule has 1 heterocycles. The Morgan fingerprint density at radius 3 is 2.35 bits per heavy atom. The van der Waals surface area contributed by atoms with Gasteiger partial charge in [0.2, 0.25) is 5.91 Å². The van der Waals surface area contributed by atoms with Crippen molar-refractivity contribution in [3.63, 3.8) is 0 Å². The van der Waals surface area contributed by atoms with Gasteiger partial charge in [-0.25, -0.2) is 4.98 Å². The van der Waals surface area contributed by atoms with Crippen molar-refractivity contribution in [2.75, 3.05) is 10.6 Å². The van der Waals surface area contributed by atoms with Crippen LogP contribution < -0.4 is 15.7 Å². The number of benzene rings is 1. The Kier molecular flexibility index (Phi) is 5.43. The number of carboxylic acid groups (broad SMARTS) is 1. The van der Waals surface area contributed by atoms with E-state index in [9.17, 15) is 19.5 Å². The highest BCUT2D eigenvalue weighted by molar-refractivity contribution is 7.13. The molecular formula is C18H16N3O4S-. The summed E-state index contributed by atoms with van der Waals surface area (Å²) in [6.07, 6.45) is 5.80. The summed E-state index contributed by atoms with van der Waals surface area (Å²) >= 11 is 1.32. The lowest BCUT2D eigenvalue weighted by molar-refractivity contribution is -0.313. The number of thiazole rings is 1. The molecule has 1 aliphatic rings. The van der Waals surface area contributed by atoms with Crippen LogP contribution in [-0.4, -0.2) is 22.8 Å². The summed E-state index contributed by atoms with van der Waals surface area (Å²) in [7, 11) is 0. The van der Waals surface area contributed by atoms with Crippen LogP contribution in [0.4, 0.5) is 10.8 Å². The molecule has 1 aliphatic carbocycles. The average molecular weight is 370 g/mol. The number of hydrogen-bond donors (Lipinski definition) is 2. The zero-order valence-corrected chi connectivity index (χ0v) is 14.5. The number of anilines is 2. The van der Waals surface area contributed by atoms with Gasteiger partial charge in [0.15, 0.2) is 5.13 Å². The van der Waals surface area contributed by atoms with Gasteiger partial charge in [-0.05, 0) is 37.1 Å². The molecule has 0 saturated heterocycles. The van der Waals surface area contributed by atoms with Gasteiger partial charge in [-0.3, -0.25) is 14.9 Å². The first-order chi connectivity index (χ1) is 12.5. The Morgan fingerprint density at radius 1 is 1.04 bits per heavy atom. The zero-order chi connectivity index (χ0) is 18.5. The number of amides is 2. The molecule has 0 aliphatic heterocycles. The molecule has 3 rings (SSSR count). The molecule has 0 unspecified atom stereocenters.